The molecule has 0 saturated carbocycles. The van der Waals surface area contributed by atoms with Crippen LogP contribution in [0, 0.1) is 6.92 Å². The van der Waals surface area contributed by atoms with Crippen LogP contribution in [0.15, 0.2) is 18.2 Å². The van der Waals surface area contributed by atoms with Crippen LogP contribution in [-0.4, -0.2) is 0 Å². The zero-order chi connectivity index (χ0) is 9.56. The van der Waals surface area contributed by atoms with Gasteiger partial charge in [-0.3, -0.25) is 0 Å². The second-order valence-corrected chi connectivity index (χ2v) is 5.46. The molecule has 0 aromatic heterocycles. The minimum absolute atomic E-state index is 0.472. The summed E-state index contributed by atoms with van der Waals surface area (Å²) in [4.78, 5) is 0. The van der Waals surface area contributed by atoms with Gasteiger partial charge in [-0.15, -0.1) is 0 Å². The van der Waals surface area contributed by atoms with Crippen molar-refractivity contribution in [1.29, 1.82) is 0 Å². The SMILES string of the molecule is Cc1ccc(N)c(N)c1.[Cl][Pt][Cl]. The molecule has 0 radical (unpaired) electrons. The monoisotopic (exact) mass is 387 g/mol. The number of hydrogen-bond acceptors (Lipinski definition) is 2. The Balaban J connectivity index is 0.000000354. The molecule has 1 aromatic rings. The van der Waals surface area contributed by atoms with Crippen LogP contribution in [-0.2, 0) is 16.5 Å². The van der Waals surface area contributed by atoms with E-state index in [9.17, 15) is 0 Å². The molecule has 0 atom stereocenters. The van der Waals surface area contributed by atoms with E-state index in [4.69, 9.17) is 30.3 Å². The van der Waals surface area contributed by atoms with Crippen molar-refractivity contribution < 1.29 is 16.5 Å². The molecule has 0 heterocycles. The van der Waals surface area contributed by atoms with Crippen molar-refractivity contribution in [3.8, 4) is 0 Å². The maximum absolute atomic E-state index is 5.50. The first kappa shape index (κ1) is 12.1. The van der Waals surface area contributed by atoms with Gasteiger partial charge < -0.3 is 11.5 Å². The van der Waals surface area contributed by atoms with Crippen molar-refractivity contribution in [3.63, 3.8) is 0 Å². The van der Waals surface area contributed by atoms with Gasteiger partial charge in [0.05, 0.1) is 11.4 Å². The van der Waals surface area contributed by atoms with Crippen molar-refractivity contribution >= 4 is 30.2 Å². The Kier molecular flexibility index (Phi) is 6.64. The summed E-state index contributed by atoms with van der Waals surface area (Å²) in [6, 6.07) is 5.60. The van der Waals surface area contributed by atoms with E-state index in [-0.39, 0.29) is 0 Å². The zero-order valence-corrected chi connectivity index (χ0v) is 10.2. The van der Waals surface area contributed by atoms with Crippen LogP contribution in [0.3, 0.4) is 0 Å². The quantitative estimate of drug-likeness (QED) is 0.672. The second-order valence-electron chi connectivity index (χ2n) is 2.18. The van der Waals surface area contributed by atoms with E-state index >= 15 is 0 Å². The first-order chi connectivity index (χ1) is 5.61. The molecule has 0 aliphatic carbocycles. The van der Waals surface area contributed by atoms with Crippen LogP contribution in [0.4, 0.5) is 11.4 Å². The Labute approximate surface area is 88.6 Å². The van der Waals surface area contributed by atoms with Crippen molar-refractivity contribution in [2.75, 3.05) is 11.5 Å². The topological polar surface area (TPSA) is 52.0 Å². The van der Waals surface area contributed by atoms with Crippen molar-refractivity contribution in [2.24, 2.45) is 0 Å². The Hall–Kier alpha value is 0.0883. The Morgan fingerprint density at radius 2 is 1.67 bits per heavy atom. The van der Waals surface area contributed by atoms with E-state index in [1.807, 2.05) is 25.1 Å². The van der Waals surface area contributed by atoms with Crippen LogP contribution >= 0.6 is 18.8 Å². The fourth-order valence-corrected chi connectivity index (χ4v) is 0.694. The third-order valence-corrected chi connectivity index (χ3v) is 1.24. The summed E-state index contributed by atoms with van der Waals surface area (Å²) >= 11 is -0.472. The third kappa shape index (κ3) is 4.86. The van der Waals surface area contributed by atoms with Crippen molar-refractivity contribution in [1.82, 2.24) is 0 Å². The molecule has 4 N–H and O–H groups in total. The molecular formula is C7H10Cl2N2Pt. The van der Waals surface area contributed by atoms with Crippen LogP contribution in [0.1, 0.15) is 5.56 Å². The third-order valence-electron chi connectivity index (χ3n) is 1.24. The number of aryl methyl sites for hydroxylation is 1. The minimum atomic E-state index is -0.472. The van der Waals surface area contributed by atoms with Gasteiger partial charge in [-0.2, -0.15) is 0 Å². The number of benzene rings is 1. The number of hydrogen-bond donors (Lipinski definition) is 2. The van der Waals surface area contributed by atoms with Gasteiger partial charge in [0.25, 0.3) is 0 Å². The molecule has 0 saturated heterocycles. The first-order valence-corrected chi connectivity index (χ1v) is 8.69. The molecule has 1 aromatic carbocycles. The molecule has 0 amide bonds. The fraction of sp³-hybridized carbons (Fsp3) is 0.143. The molecule has 1 rings (SSSR count). The van der Waals surface area contributed by atoms with Crippen molar-refractivity contribution in [2.45, 2.75) is 6.92 Å². The number of nitrogen functional groups attached to an aromatic ring is 2. The van der Waals surface area contributed by atoms with Gasteiger partial charge in [0.2, 0.25) is 0 Å². The summed E-state index contributed by atoms with van der Waals surface area (Å²) in [7, 11) is 9.75. The molecular weight excluding hydrogens is 378 g/mol. The average molecular weight is 388 g/mol. The number of anilines is 2. The maximum atomic E-state index is 5.50. The molecule has 0 unspecified atom stereocenters. The molecule has 0 spiro atoms. The summed E-state index contributed by atoms with van der Waals surface area (Å²) < 4.78 is 0. The van der Waals surface area contributed by atoms with Gasteiger partial charge in [0, 0.05) is 0 Å². The summed E-state index contributed by atoms with van der Waals surface area (Å²) in [5, 5.41) is 0. The average Bonchev–Trinajstić information content (AvgIpc) is 1.99. The molecule has 5 heteroatoms. The second kappa shape index (κ2) is 6.59. The van der Waals surface area contributed by atoms with Crippen molar-refractivity contribution in [3.05, 3.63) is 23.8 Å². The van der Waals surface area contributed by atoms with Gasteiger partial charge in [0.15, 0.2) is 0 Å². The Morgan fingerprint density at radius 1 is 1.17 bits per heavy atom. The van der Waals surface area contributed by atoms with E-state index < -0.39 is 16.5 Å². The van der Waals surface area contributed by atoms with E-state index in [2.05, 4.69) is 0 Å². The molecule has 72 valence electrons. The summed E-state index contributed by atoms with van der Waals surface area (Å²) in [5.74, 6) is 0. The normalized spacial score (nSPS) is 8.92. The Bertz CT molecular complexity index is 243. The molecule has 2 nitrogen and oxygen atoms in total. The summed E-state index contributed by atoms with van der Waals surface area (Å²) in [5.41, 5.74) is 13.4. The van der Waals surface area contributed by atoms with Gasteiger partial charge >= 0.3 is 35.3 Å². The van der Waals surface area contributed by atoms with E-state index in [0.717, 1.165) is 5.56 Å². The van der Waals surface area contributed by atoms with E-state index in [1.165, 1.54) is 0 Å². The Morgan fingerprint density at radius 3 is 2.00 bits per heavy atom. The number of halogens is 2. The van der Waals surface area contributed by atoms with Gasteiger partial charge in [-0.25, -0.2) is 0 Å². The summed E-state index contributed by atoms with van der Waals surface area (Å²) in [6.45, 7) is 1.98. The molecule has 0 aliphatic heterocycles. The summed E-state index contributed by atoms with van der Waals surface area (Å²) in [6.07, 6.45) is 0. The van der Waals surface area contributed by atoms with Gasteiger partial charge in [-0.05, 0) is 24.6 Å². The molecule has 0 bridgehead atoms. The van der Waals surface area contributed by atoms with E-state index in [0.29, 0.717) is 11.4 Å². The van der Waals surface area contributed by atoms with Crippen LogP contribution < -0.4 is 11.5 Å². The fourth-order valence-electron chi connectivity index (χ4n) is 0.694. The standard InChI is InChI=1S/C7H10N2.2ClH.Pt/c1-5-2-3-6(8)7(9)4-5;;;/h2-4H,8-9H2,1H3;2*1H;/q;;;+2/p-2. The van der Waals surface area contributed by atoms with Gasteiger partial charge in [0.1, 0.15) is 0 Å². The first-order valence-electron chi connectivity index (χ1n) is 3.05. The number of rotatable bonds is 0. The van der Waals surface area contributed by atoms with Crippen LogP contribution in [0.2, 0.25) is 0 Å². The van der Waals surface area contributed by atoms with Gasteiger partial charge in [-0.1, -0.05) is 6.07 Å². The van der Waals surface area contributed by atoms with E-state index in [1.54, 1.807) is 0 Å². The zero-order valence-electron chi connectivity index (χ0n) is 6.46. The number of nitrogens with two attached hydrogens (primary N) is 2. The molecule has 0 fully saturated rings. The molecule has 0 aliphatic rings. The predicted molar refractivity (Wildman–Crippen MR) is 51.7 cm³/mol. The van der Waals surface area contributed by atoms with Crippen LogP contribution in [0.5, 0.6) is 0 Å². The molecule has 12 heavy (non-hydrogen) atoms. The van der Waals surface area contributed by atoms with Crippen LogP contribution in [0.25, 0.3) is 0 Å². The predicted octanol–water partition coefficient (Wildman–Crippen LogP) is 2.54.